The summed E-state index contributed by atoms with van der Waals surface area (Å²) in [6.45, 7) is 10.1. The highest BCUT2D eigenvalue weighted by Gasteiger charge is 2.34. The van der Waals surface area contributed by atoms with E-state index in [2.05, 4.69) is 36.2 Å². The number of benzene rings is 3. The molecule has 3 aromatic carbocycles. The number of aryl methyl sites for hydroxylation is 1. The first-order valence-corrected chi connectivity index (χ1v) is 15.3. The molecule has 2 heterocycles. The maximum absolute atomic E-state index is 14.0. The topological polar surface area (TPSA) is 88.4 Å². The molecule has 8 nitrogen and oxygen atoms in total. The Morgan fingerprint density at radius 2 is 1.75 bits per heavy atom. The van der Waals surface area contributed by atoms with Crippen molar-refractivity contribution in [2.24, 2.45) is 4.99 Å². The number of rotatable bonds is 10. The average Bonchev–Trinajstić information content (AvgIpc) is 3.30. The van der Waals surface area contributed by atoms with Gasteiger partial charge in [-0.2, -0.15) is 0 Å². The van der Waals surface area contributed by atoms with Crippen LogP contribution in [0.25, 0.3) is 6.08 Å². The van der Waals surface area contributed by atoms with Crippen LogP contribution in [0, 0.1) is 6.92 Å². The molecule has 0 saturated carbocycles. The van der Waals surface area contributed by atoms with Crippen LogP contribution >= 0.6 is 11.3 Å². The predicted molar refractivity (Wildman–Crippen MR) is 171 cm³/mol. The predicted octanol–water partition coefficient (Wildman–Crippen LogP) is 5.48. The minimum atomic E-state index is -0.757. The molecule has 5 rings (SSSR count). The summed E-state index contributed by atoms with van der Waals surface area (Å²) in [5, 5.41) is 0. The molecule has 0 saturated heterocycles. The number of nitrogens with zero attached hydrogens (tertiary/aromatic N) is 2. The fourth-order valence-electron chi connectivity index (χ4n) is 4.98. The Kier molecular flexibility index (Phi) is 9.35. The average molecular weight is 613 g/mol. The van der Waals surface area contributed by atoms with E-state index in [1.807, 2.05) is 50.3 Å². The van der Waals surface area contributed by atoms with E-state index in [1.165, 1.54) is 16.9 Å². The van der Waals surface area contributed by atoms with Crippen molar-refractivity contribution in [1.29, 1.82) is 0 Å². The molecule has 1 aromatic heterocycles. The largest absolute Gasteiger partial charge is 0.493 e. The molecule has 1 atom stereocenters. The zero-order valence-electron chi connectivity index (χ0n) is 25.7. The Labute approximate surface area is 260 Å². The minimum absolute atomic E-state index is 0.0570. The number of esters is 1. The number of fused-ring (bicyclic) bond motifs is 1. The zero-order chi connectivity index (χ0) is 31.4. The van der Waals surface area contributed by atoms with Crippen molar-refractivity contribution < 1.29 is 23.7 Å². The van der Waals surface area contributed by atoms with Crippen molar-refractivity contribution in [2.45, 2.75) is 53.4 Å². The summed E-state index contributed by atoms with van der Waals surface area (Å²) < 4.78 is 24.9. The zero-order valence-corrected chi connectivity index (χ0v) is 26.6. The lowest BCUT2D eigenvalue weighted by molar-refractivity contribution is -0.139. The van der Waals surface area contributed by atoms with Crippen LogP contribution in [0.15, 0.2) is 87.8 Å². The van der Waals surface area contributed by atoms with Crippen LogP contribution in [0.5, 0.6) is 17.2 Å². The van der Waals surface area contributed by atoms with Gasteiger partial charge >= 0.3 is 5.97 Å². The van der Waals surface area contributed by atoms with E-state index >= 15 is 0 Å². The quantitative estimate of drug-likeness (QED) is 0.221. The number of thiazole rings is 1. The van der Waals surface area contributed by atoms with Gasteiger partial charge in [-0.05, 0) is 81.7 Å². The lowest BCUT2D eigenvalue weighted by Crippen LogP contribution is -2.40. The molecule has 9 heteroatoms. The molecule has 1 aliphatic rings. The molecule has 0 unspecified atom stereocenters. The van der Waals surface area contributed by atoms with Gasteiger partial charge in [-0.3, -0.25) is 9.36 Å². The standard InChI is InChI=1S/C35H36N2O6S/c1-7-41-34(39)31-23(5)36-35-37(32(31)26-14-17-28(43-21(2)3)29(19-26)40-6)33(38)30(44-35)18-24-12-15-27(16-13-24)42-20-25-10-8-22(4)9-11-25/h8-19,21,32H,7,20H2,1-6H3/b30-18-/t32-/m0/s1. The van der Waals surface area contributed by atoms with E-state index in [0.29, 0.717) is 44.3 Å². The number of carbonyl (C=O) groups excluding carboxylic acids is 1. The third kappa shape index (κ3) is 6.63. The van der Waals surface area contributed by atoms with E-state index in [4.69, 9.17) is 18.9 Å². The second kappa shape index (κ2) is 13.3. The molecule has 4 aromatic rings. The Hall–Kier alpha value is -4.63. The number of ether oxygens (including phenoxy) is 4. The summed E-state index contributed by atoms with van der Waals surface area (Å²) in [6, 6.07) is 20.5. The number of carbonyl (C=O) groups is 1. The molecule has 228 valence electrons. The number of hydrogen-bond donors (Lipinski definition) is 0. The van der Waals surface area contributed by atoms with Crippen LogP contribution in [0.3, 0.4) is 0 Å². The molecule has 0 spiro atoms. The van der Waals surface area contributed by atoms with Crippen LogP contribution < -0.4 is 29.1 Å². The van der Waals surface area contributed by atoms with Crippen molar-refractivity contribution in [1.82, 2.24) is 4.57 Å². The Bertz CT molecular complexity index is 1870. The number of allylic oxidation sites excluding steroid dienone is 1. The first-order chi connectivity index (χ1) is 21.2. The maximum Gasteiger partial charge on any atom is 0.338 e. The molecule has 44 heavy (non-hydrogen) atoms. The monoisotopic (exact) mass is 612 g/mol. The van der Waals surface area contributed by atoms with E-state index in [1.54, 1.807) is 37.7 Å². The van der Waals surface area contributed by atoms with Crippen molar-refractivity contribution >= 4 is 23.4 Å². The molecular weight excluding hydrogens is 576 g/mol. The van der Waals surface area contributed by atoms with Gasteiger partial charge in [0.2, 0.25) is 0 Å². The van der Waals surface area contributed by atoms with Crippen molar-refractivity contribution in [2.75, 3.05) is 13.7 Å². The van der Waals surface area contributed by atoms with Crippen LogP contribution in [0.4, 0.5) is 0 Å². The van der Waals surface area contributed by atoms with Gasteiger partial charge in [-0.25, -0.2) is 9.79 Å². The highest BCUT2D eigenvalue weighted by atomic mass is 32.1. The summed E-state index contributed by atoms with van der Waals surface area (Å²) in [4.78, 5) is 32.4. The van der Waals surface area contributed by atoms with E-state index in [-0.39, 0.29) is 18.3 Å². The first kappa shape index (κ1) is 30.8. The third-order valence-corrected chi connectivity index (χ3v) is 8.07. The summed E-state index contributed by atoms with van der Waals surface area (Å²) in [7, 11) is 1.56. The Morgan fingerprint density at radius 3 is 2.41 bits per heavy atom. The van der Waals surface area contributed by atoms with Gasteiger partial charge in [0.15, 0.2) is 16.3 Å². The van der Waals surface area contributed by atoms with Crippen LogP contribution in [0.2, 0.25) is 0 Å². The maximum atomic E-state index is 14.0. The van der Waals surface area contributed by atoms with Gasteiger partial charge in [-0.1, -0.05) is 59.4 Å². The molecule has 0 aliphatic carbocycles. The Morgan fingerprint density at radius 1 is 1.02 bits per heavy atom. The molecule has 0 bridgehead atoms. The second-order valence-corrected chi connectivity index (χ2v) is 11.7. The van der Waals surface area contributed by atoms with Gasteiger partial charge in [0.25, 0.3) is 5.56 Å². The van der Waals surface area contributed by atoms with Gasteiger partial charge in [0.1, 0.15) is 12.4 Å². The summed E-state index contributed by atoms with van der Waals surface area (Å²) >= 11 is 1.28. The van der Waals surface area contributed by atoms with Gasteiger partial charge in [-0.15, -0.1) is 0 Å². The van der Waals surface area contributed by atoms with Gasteiger partial charge in [0, 0.05) is 0 Å². The first-order valence-electron chi connectivity index (χ1n) is 14.5. The lowest BCUT2D eigenvalue weighted by atomic mass is 9.95. The van der Waals surface area contributed by atoms with Crippen molar-refractivity contribution in [3.63, 3.8) is 0 Å². The highest BCUT2D eigenvalue weighted by Crippen LogP contribution is 2.36. The van der Waals surface area contributed by atoms with Crippen LogP contribution in [0.1, 0.15) is 56.0 Å². The lowest BCUT2D eigenvalue weighted by Gasteiger charge is -2.25. The van der Waals surface area contributed by atoms with Gasteiger partial charge in [0.05, 0.1) is 41.7 Å². The van der Waals surface area contributed by atoms with Crippen molar-refractivity contribution in [3.8, 4) is 17.2 Å². The smallest absolute Gasteiger partial charge is 0.338 e. The highest BCUT2D eigenvalue weighted by molar-refractivity contribution is 7.07. The van der Waals surface area contributed by atoms with E-state index in [9.17, 15) is 9.59 Å². The minimum Gasteiger partial charge on any atom is -0.493 e. The van der Waals surface area contributed by atoms with E-state index < -0.39 is 12.0 Å². The molecule has 0 N–H and O–H groups in total. The van der Waals surface area contributed by atoms with E-state index in [0.717, 1.165) is 16.9 Å². The fraction of sp³-hybridized carbons (Fsp3) is 0.286. The molecule has 0 fully saturated rings. The summed E-state index contributed by atoms with van der Waals surface area (Å²) in [5.74, 6) is 1.29. The molecule has 1 aliphatic heterocycles. The normalized spacial score (nSPS) is 14.7. The summed E-state index contributed by atoms with van der Waals surface area (Å²) in [5.41, 5.74) is 4.36. The third-order valence-electron chi connectivity index (χ3n) is 7.09. The van der Waals surface area contributed by atoms with Crippen molar-refractivity contribution in [3.05, 3.63) is 120 Å². The molecule has 0 radical (unpaired) electrons. The summed E-state index contributed by atoms with van der Waals surface area (Å²) in [6.07, 6.45) is 1.77. The number of hydrogen-bond acceptors (Lipinski definition) is 8. The second-order valence-electron chi connectivity index (χ2n) is 10.7. The van der Waals surface area contributed by atoms with Gasteiger partial charge < -0.3 is 18.9 Å². The van der Waals surface area contributed by atoms with Crippen LogP contribution in [-0.2, 0) is 16.1 Å². The number of methoxy groups -OCH3 is 1. The molecular formula is C35H36N2O6S. The number of aromatic nitrogens is 1. The molecule has 0 amide bonds. The Balaban J connectivity index is 1.52. The fourth-order valence-corrected chi connectivity index (χ4v) is 6.02. The van der Waals surface area contributed by atoms with Crippen LogP contribution in [-0.4, -0.2) is 30.4 Å². The SMILES string of the molecule is CCOC(=O)C1=C(C)N=c2s/c(=C\c3ccc(OCc4ccc(C)cc4)cc3)c(=O)n2[C@H]1c1ccc(OC(C)C)c(OC)c1.